The van der Waals surface area contributed by atoms with E-state index in [1.54, 1.807) is 14.0 Å². The summed E-state index contributed by atoms with van der Waals surface area (Å²) < 4.78 is 4.93. The van der Waals surface area contributed by atoms with Gasteiger partial charge in [0.1, 0.15) is 6.10 Å². The molecule has 1 amide bonds. The number of nitrogens with zero attached hydrogens (tertiary/aromatic N) is 1. The molecule has 2 unspecified atom stereocenters. The summed E-state index contributed by atoms with van der Waals surface area (Å²) in [6, 6.07) is -0.0469. The first-order chi connectivity index (χ1) is 6.34. The van der Waals surface area contributed by atoms with Gasteiger partial charge in [0.05, 0.1) is 0 Å². The van der Waals surface area contributed by atoms with Crippen LogP contribution in [0.25, 0.3) is 0 Å². The average Bonchev–Trinajstić information content (AvgIpc) is 2.00. The molecule has 0 rings (SSSR count). The number of carbonyl (C=O) groups excluding carboxylic acids is 2. The Labute approximate surface area is 89.2 Å². The molecule has 0 N–H and O–H groups in total. The molecule has 4 nitrogen and oxygen atoms in total. The Morgan fingerprint density at radius 2 is 1.93 bits per heavy atom. The van der Waals surface area contributed by atoms with E-state index in [1.807, 2.05) is 6.92 Å². The second kappa shape index (κ2) is 5.86. The molecule has 0 radical (unpaired) electrons. The van der Waals surface area contributed by atoms with Crippen LogP contribution in [0.4, 0.5) is 4.79 Å². The molecule has 0 heterocycles. The Hall–Kier alpha value is -0.770. The topological polar surface area (TPSA) is 46.6 Å². The molecular formula is C9H16ClNO3. The lowest BCUT2D eigenvalue weighted by molar-refractivity contribution is -0.146. The first-order valence-electron chi connectivity index (χ1n) is 4.44. The van der Waals surface area contributed by atoms with E-state index in [1.165, 1.54) is 11.8 Å². The third-order valence-corrected chi connectivity index (χ3v) is 2.25. The van der Waals surface area contributed by atoms with Crippen molar-refractivity contribution in [2.24, 2.45) is 0 Å². The molecule has 0 saturated carbocycles. The molecule has 0 aromatic rings. The minimum Gasteiger partial charge on any atom is -0.463 e. The molecule has 2 atom stereocenters. The molecular weight excluding hydrogens is 206 g/mol. The Balaban J connectivity index is 3.98. The number of ether oxygens (including phenoxy) is 1. The highest BCUT2D eigenvalue weighted by Gasteiger charge is 2.17. The van der Waals surface area contributed by atoms with E-state index in [-0.39, 0.29) is 18.1 Å². The predicted octanol–water partition coefficient (Wildman–Crippen LogP) is 2.01. The summed E-state index contributed by atoms with van der Waals surface area (Å²) in [4.78, 5) is 22.8. The van der Waals surface area contributed by atoms with E-state index < -0.39 is 5.37 Å². The molecule has 0 aliphatic heterocycles. The van der Waals surface area contributed by atoms with Crippen molar-refractivity contribution >= 4 is 22.9 Å². The van der Waals surface area contributed by atoms with Crippen LogP contribution in [0.5, 0.6) is 0 Å². The summed E-state index contributed by atoms with van der Waals surface area (Å²) in [5.74, 6) is -0.315. The fraction of sp³-hybridized carbons (Fsp3) is 0.778. The summed E-state index contributed by atoms with van der Waals surface area (Å²) in [5.41, 5.74) is 0. The number of hydrogen-bond donors (Lipinski definition) is 0. The van der Waals surface area contributed by atoms with Gasteiger partial charge in [-0.05, 0) is 25.4 Å². The van der Waals surface area contributed by atoms with Gasteiger partial charge in [-0.3, -0.25) is 9.59 Å². The van der Waals surface area contributed by atoms with Crippen LogP contribution in [0.1, 0.15) is 27.2 Å². The average molecular weight is 222 g/mol. The number of hydrogen-bond acceptors (Lipinski definition) is 3. The minimum atomic E-state index is -0.507. The first-order valence-corrected chi connectivity index (χ1v) is 4.82. The Kier molecular flexibility index (Phi) is 5.53. The van der Waals surface area contributed by atoms with Gasteiger partial charge in [0, 0.05) is 26.4 Å². The maximum atomic E-state index is 10.8. The maximum Gasteiger partial charge on any atom is 0.316 e. The summed E-state index contributed by atoms with van der Waals surface area (Å²) in [5, 5.41) is -0.507. The zero-order valence-electron chi connectivity index (χ0n) is 8.91. The molecule has 14 heavy (non-hydrogen) atoms. The van der Waals surface area contributed by atoms with Gasteiger partial charge in [0.25, 0.3) is 0 Å². The molecule has 0 bridgehead atoms. The molecule has 0 aliphatic carbocycles. The van der Waals surface area contributed by atoms with Crippen LogP contribution in [-0.4, -0.2) is 35.4 Å². The van der Waals surface area contributed by atoms with E-state index >= 15 is 0 Å². The van der Waals surface area contributed by atoms with Crippen LogP contribution >= 0.6 is 11.6 Å². The zero-order chi connectivity index (χ0) is 11.3. The van der Waals surface area contributed by atoms with Crippen molar-refractivity contribution in [3.05, 3.63) is 0 Å². The van der Waals surface area contributed by atoms with Crippen molar-refractivity contribution in [3.8, 4) is 0 Å². The molecule has 0 saturated heterocycles. The van der Waals surface area contributed by atoms with Crippen molar-refractivity contribution in [2.75, 3.05) is 7.05 Å². The minimum absolute atomic E-state index is 0.0469. The third-order valence-electron chi connectivity index (χ3n) is 1.98. The van der Waals surface area contributed by atoms with Crippen LogP contribution in [0, 0.1) is 0 Å². The van der Waals surface area contributed by atoms with Gasteiger partial charge in [-0.1, -0.05) is 0 Å². The molecule has 0 fully saturated rings. The summed E-state index contributed by atoms with van der Waals surface area (Å²) in [6.45, 7) is 4.99. The monoisotopic (exact) mass is 221 g/mol. The van der Waals surface area contributed by atoms with Gasteiger partial charge < -0.3 is 9.64 Å². The summed E-state index contributed by atoms with van der Waals surface area (Å²) in [7, 11) is 1.61. The maximum absolute atomic E-state index is 10.8. The Morgan fingerprint density at radius 3 is 2.29 bits per heavy atom. The normalized spacial score (nSPS) is 14.4. The van der Waals surface area contributed by atoms with Crippen LogP contribution in [0.15, 0.2) is 0 Å². The van der Waals surface area contributed by atoms with Gasteiger partial charge in [-0.25, -0.2) is 0 Å². The van der Waals surface area contributed by atoms with Gasteiger partial charge in [-0.15, -0.1) is 0 Å². The van der Waals surface area contributed by atoms with Gasteiger partial charge in [-0.2, -0.15) is 0 Å². The smallest absolute Gasteiger partial charge is 0.316 e. The second-order valence-electron chi connectivity index (χ2n) is 3.37. The molecule has 5 heteroatoms. The Bertz CT molecular complexity index is 220. The number of rotatable bonds is 4. The lowest BCUT2D eigenvalue weighted by atomic mass is 10.1. The first kappa shape index (κ1) is 13.2. The molecule has 0 spiro atoms. The van der Waals surface area contributed by atoms with Crippen molar-refractivity contribution in [2.45, 2.75) is 39.3 Å². The fourth-order valence-corrected chi connectivity index (χ4v) is 1.31. The second-order valence-corrected chi connectivity index (χ2v) is 3.69. The molecule has 0 aromatic heterocycles. The third kappa shape index (κ3) is 5.07. The largest absolute Gasteiger partial charge is 0.463 e. The SMILES string of the molecule is CC(=O)OC(C)CC(C)N(C)C(=O)Cl. The van der Waals surface area contributed by atoms with Crippen molar-refractivity contribution < 1.29 is 14.3 Å². The van der Waals surface area contributed by atoms with Crippen molar-refractivity contribution in [1.82, 2.24) is 4.90 Å². The standard InChI is InChI=1S/C9H16ClNO3/c1-6(11(4)9(10)13)5-7(2)14-8(3)12/h6-7H,5H2,1-4H3. The van der Waals surface area contributed by atoms with E-state index in [4.69, 9.17) is 16.3 Å². The zero-order valence-corrected chi connectivity index (χ0v) is 9.67. The molecule has 82 valence electrons. The van der Waals surface area contributed by atoms with Gasteiger partial charge in [0.2, 0.25) is 0 Å². The van der Waals surface area contributed by atoms with Crippen LogP contribution in [-0.2, 0) is 9.53 Å². The van der Waals surface area contributed by atoms with E-state index in [0.29, 0.717) is 6.42 Å². The number of halogens is 1. The molecule has 0 aromatic carbocycles. The van der Waals surface area contributed by atoms with Crippen LogP contribution in [0.3, 0.4) is 0 Å². The fourth-order valence-electron chi connectivity index (χ4n) is 1.14. The van der Waals surface area contributed by atoms with E-state index in [9.17, 15) is 9.59 Å². The predicted molar refractivity (Wildman–Crippen MR) is 54.3 cm³/mol. The quantitative estimate of drug-likeness (QED) is 0.415. The summed E-state index contributed by atoms with van der Waals surface area (Å²) in [6.07, 6.45) is 0.370. The lowest BCUT2D eigenvalue weighted by Crippen LogP contribution is -2.34. The number of carbonyl (C=O) groups is 2. The summed E-state index contributed by atoms with van der Waals surface area (Å²) >= 11 is 5.29. The van der Waals surface area contributed by atoms with Gasteiger partial charge in [0.15, 0.2) is 0 Å². The number of amides is 1. The number of esters is 1. The van der Waals surface area contributed by atoms with Crippen LogP contribution in [0.2, 0.25) is 0 Å². The highest BCUT2D eigenvalue weighted by atomic mass is 35.5. The molecule has 0 aliphatic rings. The van der Waals surface area contributed by atoms with Crippen molar-refractivity contribution in [1.29, 1.82) is 0 Å². The highest BCUT2D eigenvalue weighted by Crippen LogP contribution is 2.09. The van der Waals surface area contributed by atoms with Gasteiger partial charge >= 0.3 is 11.3 Å². The Morgan fingerprint density at radius 1 is 1.43 bits per heavy atom. The van der Waals surface area contributed by atoms with Crippen molar-refractivity contribution in [3.63, 3.8) is 0 Å². The van der Waals surface area contributed by atoms with E-state index in [2.05, 4.69) is 0 Å². The van der Waals surface area contributed by atoms with E-state index in [0.717, 1.165) is 0 Å². The van der Waals surface area contributed by atoms with Crippen LogP contribution < -0.4 is 0 Å². The lowest BCUT2D eigenvalue weighted by Gasteiger charge is -2.24. The highest BCUT2D eigenvalue weighted by molar-refractivity contribution is 6.62.